The van der Waals surface area contributed by atoms with Crippen LogP contribution in [0.15, 0.2) is 0 Å². The summed E-state index contributed by atoms with van der Waals surface area (Å²) in [4.78, 5) is 15.0. The van der Waals surface area contributed by atoms with Crippen molar-refractivity contribution in [2.75, 3.05) is 26.2 Å². The Hall–Kier alpha value is -0.570. The molecule has 0 spiro atoms. The van der Waals surface area contributed by atoms with Crippen LogP contribution in [-0.2, 0) is 4.79 Å². The van der Waals surface area contributed by atoms with E-state index in [-0.39, 0.29) is 0 Å². The highest BCUT2D eigenvalue weighted by molar-refractivity contribution is 5.79. The van der Waals surface area contributed by atoms with Crippen LogP contribution < -0.4 is 5.32 Å². The van der Waals surface area contributed by atoms with Crippen LogP contribution in [0.2, 0.25) is 0 Å². The molecule has 1 N–H and O–H groups in total. The van der Waals surface area contributed by atoms with Gasteiger partial charge < -0.3 is 10.2 Å². The van der Waals surface area contributed by atoms with Gasteiger partial charge in [0.15, 0.2) is 0 Å². The summed E-state index contributed by atoms with van der Waals surface area (Å²) < 4.78 is 0. The maximum Gasteiger partial charge on any atom is 0.225 e. The van der Waals surface area contributed by atoms with Gasteiger partial charge in [-0.3, -0.25) is 4.79 Å². The van der Waals surface area contributed by atoms with Crippen molar-refractivity contribution >= 4 is 5.91 Å². The molecule has 18 heavy (non-hydrogen) atoms. The fourth-order valence-corrected chi connectivity index (χ4v) is 5.07. The summed E-state index contributed by atoms with van der Waals surface area (Å²) in [6, 6.07) is 0. The van der Waals surface area contributed by atoms with E-state index in [0.717, 1.165) is 49.9 Å². The van der Waals surface area contributed by atoms with Crippen molar-refractivity contribution in [1.82, 2.24) is 10.2 Å². The van der Waals surface area contributed by atoms with E-state index in [4.69, 9.17) is 0 Å². The number of likely N-dealkylation sites (tertiary alicyclic amines) is 1. The van der Waals surface area contributed by atoms with E-state index >= 15 is 0 Å². The van der Waals surface area contributed by atoms with Crippen LogP contribution in [0.1, 0.15) is 32.1 Å². The number of nitrogens with one attached hydrogen (secondary N) is 1. The maximum atomic E-state index is 12.7. The zero-order valence-corrected chi connectivity index (χ0v) is 11.1. The molecule has 4 fully saturated rings. The van der Waals surface area contributed by atoms with E-state index in [9.17, 15) is 4.79 Å². The molecule has 3 heteroatoms. The molecular formula is C15H24N2O. The number of carbonyl (C=O) groups excluding carboxylic acids is 1. The summed E-state index contributed by atoms with van der Waals surface area (Å²) >= 11 is 0. The molecule has 2 saturated carbocycles. The van der Waals surface area contributed by atoms with Gasteiger partial charge in [0.25, 0.3) is 0 Å². The number of hydrogen-bond donors (Lipinski definition) is 1. The van der Waals surface area contributed by atoms with E-state index in [0.29, 0.717) is 11.8 Å². The predicted molar refractivity (Wildman–Crippen MR) is 70.0 cm³/mol. The number of amides is 1. The van der Waals surface area contributed by atoms with E-state index in [1.54, 1.807) is 0 Å². The van der Waals surface area contributed by atoms with Crippen molar-refractivity contribution in [3.8, 4) is 0 Å². The first-order valence-electron chi connectivity index (χ1n) is 7.79. The van der Waals surface area contributed by atoms with Crippen LogP contribution in [0.3, 0.4) is 0 Å². The van der Waals surface area contributed by atoms with Crippen LogP contribution in [0.25, 0.3) is 0 Å². The Morgan fingerprint density at radius 2 is 1.72 bits per heavy atom. The topological polar surface area (TPSA) is 32.3 Å². The molecule has 2 aliphatic carbocycles. The lowest BCUT2D eigenvalue weighted by Gasteiger charge is -2.43. The maximum absolute atomic E-state index is 12.7. The van der Waals surface area contributed by atoms with Crippen LogP contribution in [0, 0.1) is 29.6 Å². The molecule has 5 atom stereocenters. The van der Waals surface area contributed by atoms with Gasteiger partial charge in [-0.2, -0.15) is 0 Å². The molecule has 4 rings (SSSR count). The standard InChI is InChI=1S/C15H24N2O/c18-15(14-5-10-1-2-13(14)4-10)17-8-11-3-12(9-17)7-16-6-11/h10-14,16H,1-9H2. The Kier molecular flexibility index (Phi) is 2.65. The van der Waals surface area contributed by atoms with Crippen molar-refractivity contribution in [3.63, 3.8) is 0 Å². The largest absolute Gasteiger partial charge is 0.342 e. The van der Waals surface area contributed by atoms with Crippen molar-refractivity contribution in [3.05, 3.63) is 0 Å². The fourth-order valence-electron chi connectivity index (χ4n) is 5.07. The monoisotopic (exact) mass is 248 g/mol. The van der Waals surface area contributed by atoms with E-state index in [2.05, 4.69) is 10.2 Å². The van der Waals surface area contributed by atoms with E-state index in [1.165, 1.54) is 32.1 Å². The van der Waals surface area contributed by atoms with E-state index < -0.39 is 0 Å². The molecule has 0 aromatic rings. The molecule has 0 aromatic heterocycles. The van der Waals surface area contributed by atoms with Crippen LogP contribution in [0.4, 0.5) is 0 Å². The average Bonchev–Trinajstić information content (AvgIpc) is 2.99. The minimum absolute atomic E-state index is 0.399. The minimum Gasteiger partial charge on any atom is -0.342 e. The number of rotatable bonds is 1. The molecule has 0 aromatic carbocycles. The van der Waals surface area contributed by atoms with Gasteiger partial charge in [0.2, 0.25) is 5.91 Å². The summed E-state index contributed by atoms with van der Waals surface area (Å²) in [5, 5.41) is 3.50. The summed E-state index contributed by atoms with van der Waals surface area (Å²) in [6.45, 7) is 4.29. The zero-order valence-electron chi connectivity index (χ0n) is 11.1. The lowest BCUT2D eigenvalue weighted by Crippen LogP contribution is -2.54. The molecule has 100 valence electrons. The van der Waals surface area contributed by atoms with Gasteiger partial charge in [-0.25, -0.2) is 0 Å². The second kappa shape index (κ2) is 4.22. The van der Waals surface area contributed by atoms with Crippen molar-refractivity contribution in [2.24, 2.45) is 29.6 Å². The summed E-state index contributed by atoms with van der Waals surface area (Å²) in [5.41, 5.74) is 0. The van der Waals surface area contributed by atoms with Gasteiger partial charge in [-0.05, 0) is 62.4 Å². The third-order valence-corrected chi connectivity index (χ3v) is 5.86. The normalized spacial score (nSPS) is 46.4. The first-order valence-corrected chi connectivity index (χ1v) is 7.79. The molecule has 2 aliphatic heterocycles. The summed E-state index contributed by atoms with van der Waals surface area (Å²) in [7, 11) is 0. The molecule has 5 unspecified atom stereocenters. The number of carbonyl (C=O) groups is 1. The molecule has 3 nitrogen and oxygen atoms in total. The summed E-state index contributed by atoms with van der Waals surface area (Å²) in [6.07, 6.45) is 6.60. The molecule has 1 amide bonds. The smallest absolute Gasteiger partial charge is 0.225 e. The Balaban J connectivity index is 1.45. The van der Waals surface area contributed by atoms with E-state index in [1.807, 2.05) is 0 Å². The zero-order chi connectivity index (χ0) is 12.1. The third-order valence-electron chi connectivity index (χ3n) is 5.86. The molecule has 4 bridgehead atoms. The van der Waals surface area contributed by atoms with Gasteiger partial charge in [-0.1, -0.05) is 6.42 Å². The second-order valence-electron chi connectivity index (χ2n) is 7.15. The first kappa shape index (κ1) is 11.3. The minimum atomic E-state index is 0.399. The highest BCUT2D eigenvalue weighted by Crippen LogP contribution is 2.49. The summed E-state index contributed by atoms with van der Waals surface area (Å²) in [5.74, 6) is 3.98. The van der Waals surface area contributed by atoms with Crippen LogP contribution in [-0.4, -0.2) is 37.0 Å². The lowest BCUT2D eigenvalue weighted by atomic mass is 9.83. The number of hydrogen-bond acceptors (Lipinski definition) is 2. The van der Waals surface area contributed by atoms with Gasteiger partial charge >= 0.3 is 0 Å². The van der Waals surface area contributed by atoms with Crippen molar-refractivity contribution < 1.29 is 4.79 Å². The highest BCUT2D eigenvalue weighted by atomic mass is 16.2. The molecular weight excluding hydrogens is 224 g/mol. The Morgan fingerprint density at radius 3 is 2.33 bits per heavy atom. The Bertz CT molecular complexity index is 344. The van der Waals surface area contributed by atoms with Crippen molar-refractivity contribution in [2.45, 2.75) is 32.1 Å². The van der Waals surface area contributed by atoms with Gasteiger partial charge in [0.05, 0.1) is 0 Å². The lowest BCUT2D eigenvalue weighted by molar-refractivity contribution is -0.140. The molecule has 4 aliphatic rings. The van der Waals surface area contributed by atoms with Crippen LogP contribution in [0.5, 0.6) is 0 Å². The van der Waals surface area contributed by atoms with Gasteiger partial charge in [0.1, 0.15) is 0 Å². The number of piperidine rings is 2. The third kappa shape index (κ3) is 1.78. The Morgan fingerprint density at radius 1 is 0.944 bits per heavy atom. The van der Waals surface area contributed by atoms with Gasteiger partial charge in [0, 0.05) is 19.0 Å². The molecule has 2 saturated heterocycles. The predicted octanol–water partition coefficient (Wildman–Crippen LogP) is 1.49. The molecule has 0 radical (unpaired) electrons. The van der Waals surface area contributed by atoms with Crippen molar-refractivity contribution in [1.29, 1.82) is 0 Å². The highest BCUT2D eigenvalue weighted by Gasteiger charge is 2.45. The SMILES string of the molecule is O=C(C1CC2CCC1C2)N1CC2CNCC(C2)C1. The Labute approximate surface area is 109 Å². The van der Waals surface area contributed by atoms with Crippen LogP contribution >= 0.6 is 0 Å². The quantitative estimate of drug-likeness (QED) is 0.762. The fraction of sp³-hybridized carbons (Fsp3) is 0.933. The number of nitrogens with zero attached hydrogens (tertiary/aromatic N) is 1. The first-order chi connectivity index (χ1) is 8.79. The molecule has 2 heterocycles. The average molecular weight is 248 g/mol. The second-order valence-corrected chi connectivity index (χ2v) is 7.15. The van der Waals surface area contributed by atoms with Gasteiger partial charge in [-0.15, -0.1) is 0 Å². The number of fused-ring (bicyclic) bond motifs is 4.